The van der Waals surface area contributed by atoms with Crippen LogP contribution in [0, 0.1) is 11.7 Å². The number of carboxylic acid groups (broad SMARTS) is 1. The molecule has 0 bridgehead atoms. The van der Waals surface area contributed by atoms with Crippen LogP contribution >= 0.6 is 11.6 Å². The number of ether oxygens (including phenoxy) is 1. The number of halogens is 3. The number of hydrogen-bond donors (Lipinski definition) is 3. The Bertz CT molecular complexity index is 1250. The number of alkyl halides is 1. The van der Waals surface area contributed by atoms with Gasteiger partial charge in [-0.3, -0.25) is 4.79 Å². The molecule has 4 atom stereocenters. The summed E-state index contributed by atoms with van der Waals surface area (Å²) < 4.78 is 36.6. The molecule has 1 aromatic heterocycles. The van der Waals surface area contributed by atoms with Gasteiger partial charge < -0.3 is 30.4 Å². The van der Waals surface area contributed by atoms with E-state index in [2.05, 4.69) is 5.32 Å². The van der Waals surface area contributed by atoms with Crippen molar-refractivity contribution in [3.8, 4) is 0 Å². The second kappa shape index (κ2) is 7.56. The van der Waals surface area contributed by atoms with Gasteiger partial charge >= 0.3 is 12.0 Å². The van der Waals surface area contributed by atoms with Gasteiger partial charge in [-0.05, 0) is 12.5 Å². The molecule has 4 N–H and O–H groups in total. The van der Waals surface area contributed by atoms with Crippen LogP contribution < -0.4 is 21.4 Å². The lowest BCUT2D eigenvalue weighted by Gasteiger charge is -2.29. The van der Waals surface area contributed by atoms with Crippen LogP contribution in [0.5, 0.6) is 0 Å². The summed E-state index contributed by atoms with van der Waals surface area (Å²) >= 11 is 6.64. The molecule has 176 valence electrons. The number of carbonyl (C=O) groups excluding carboxylic acids is 1. The van der Waals surface area contributed by atoms with Gasteiger partial charge in [0.05, 0.1) is 34.2 Å². The summed E-state index contributed by atoms with van der Waals surface area (Å²) in [5.74, 6) is -2.31. The molecule has 0 spiro atoms. The molecule has 1 aliphatic carbocycles. The molecule has 2 saturated heterocycles. The Balaban J connectivity index is 1.63. The second-order valence-corrected chi connectivity index (χ2v) is 9.20. The van der Waals surface area contributed by atoms with Gasteiger partial charge in [0.2, 0.25) is 5.43 Å². The minimum atomic E-state index is -1.49. The Morgan fingerprint density at radius 2 is 2.15 bits per heavy atom. The summed E-state index contributed by atoms with van der Waals surface area (Å²) in [7, 11) is 0. The number of nitrogens with one attached hydrogen (secondary N) is 1. The number of aromatic nitrogens is 1. The zero-order valence-corrected chi connectivity index (χ0v) is 18.1. The van der Waals surface area contributed by atoms with Gasteiger partial charge in [0.15, 0.2) is 0 Å². The Labute approximate surface area is 191 Å². The highest BCUT2D eigenvalue weighted by Gasteiger charge is 2.52. The SMILES string of the molecule is NC(=O)NCC12CN(c3c(F)cc4c(=O)c(C(=O)O)cn(C5CC5F)c4c3Cl)CC1CCO2. The highest BCUT2D eigenvalue weighted by molar-refractivity contribution is 6.38. The number of aromatic carboxylic acids is 1. The molecule has 3 aliphatic rings. The number of fused-ring (bicyclic) bond motifs is 2. The first-order valence-electron chi connectivity index (χ1n) is 10.5. The van der Waals surface area contributed by atoms with Crippen molar-refractivity contribution in [1.29, 1.82) is 0 Å². The van der Waals surface area contributed by atoms with Gasteiger partial charge in [0, 0.05) is 38.2 Å². The van der Waals surface area contributed by atoms with Crippen LogP contribution in [0.2, 0.25) is 5.02 Å². The van der Waals surface area contributed by atoms with Crippen molar-refractivity contribution < 1.29 is 28.2 Å². The minimum Gasteiger partial charge on any atom is -0.477 e. The number of anilines is 1. The summed E-state index contributed by atoms with van der Waals surface area (Å²) in [5.41, 5.74) is 3.09. The number of amides is 2. The third kappa shape index (κ3) is 3.41. The first-order chi connectivity index (χ1) is 15.6. The number of primary amides is 1. The van der Waals surface area contributed by atoms with Crippen LogP contribution in [-0.4, -0.2) is 59.7 Å². The van der Waals surface area contributed by atoms with Crippen LogP contribution in [0.1, 0.15) is 29.2 Å². The van der Waals surface area contributed by atoms with Gasteiger partial charge in [0.25, 0.3) is 0 Å². The molecule has 1 saturated carbocycles. The quantitative estimate of drug-likeness (QED) is 0.598. The molecule has 12 heteroatoms. The zero-order valence-electron chi connectivity index (χ0n) is 17.3. The van der Waals surface area contributed by atoms with Crippen molar-refractivity contribution in [1.82, 2.24) is 9.88 Å². The van der Waals surface area contributed by atoms with Gasteiger partial charge in [0.1, 0.15) is 23.2 Å². The maximum atomic E-state index is 15.4. The lowest BCUT2D eigenvalue weighted by atomic mass is 9.91. The average Bonchev–Trinajstić information content (AvgIpc) is 3.17. The number of benzene rings is 1. The van der Waals surface area contributed by atoms with Crippen molar-refractivity contribution in [2.75, 3.05) is 31.1 Å². The lowest BCUT2D eigenvalue weighted by Crippen LogP contribution is -2.49. The molecular weight excluding hydrogens is 462 g/mol. The summed E-state index contributed by atoms with van der Waals surface area (Å²) in [5, 5.41) is 11.6. The number of urea groups is 1. The Kier molecular flexibility index (Phi) is 5.02. The summed E-state index contributed by atoms with van der Waals surface area (Å²) in [4.78, 5) is 37.2. The van der Waals surface area contributed by atoms with Crippen LogP contribution in [0.15, 0.2) is 17.1 Å². The number of nitrogens with two attached hydrogens (primary N) is 1. The van der Waals surface area contributed by atoms with E-state index in [0.717, 1.165) is 12.3 Å². The first kappa shape index (κ1) is 21.9. The standard InChI is InChI=1S/C21H21ClF2N4O5/c22-15-16-10(18(29)11(19(30)31)6-28(16)14-4-12(14)23)3-13(24)17(15)27-5-9-1-2-33-21(9,8-27)7-26-20(25)32/h3,6,9,12,14H,1-2,4-5,7-8H2,(H,30,31)(H3,25,26,32). The largest absolute Gasteiger partial charge is 0.477 e. The predicted octanol–water partition coefficient (Wildman–Crippen LogP) is 2.04. The predicted molar refractivity (Wildman–Crippen MR) is 115 cm³/mol. The Hall–Kier alpha value is -2.92. The molecule has 4 unspecified atom stereocenters. The van der Waals surface area contributed by atoms with Gasteiger partial charge in [-0.1, -0.05) is 11.6 Å². The number of rotatable bonds is 5. The maximum Gasteiger partial charge on any atom is 0.341 e. The third-order valence-corrected chi connectivity index (χ3v) is 7.19. The molecule has 0 radical (unpaired) electrons. The lowest BCUT2D eigenvalue weighted by molar-refractivity contribution is 0.00783. The number of carbonyl (C=O) groups is 2. The van der Waals surface area contributed by atoms with Gasteiger partial charge in [-0.2, -0.15) is 0 Å². The molecule has 2 aliphatic heterocycles. The van der Waals surface area contributed by atoms with Crippen molar-refractivity contribution in [3.05, 3.63) is 38.9 Å². The highest BCUT2D eigenvalue weighted by Crippen LogP contribution is 2.47. The summed E-state index contributed by atoms with van der Waals surface area (Å²) in [6.45, 7) is 1.24. The topological polar surface area (TPSA) is 127 Å². The van der Waals surface area contributed by atoms with E-state index in [1.165, 1.54) is 4.57 Å². The van der Waals surface area contributed by atoms with E-state index in [4.69, 9.17) is 22.1 Å². The molecule has 1 aromatic carbocycles. The first-order valence-corrected chi connectivity index (χ1v) is 10.9. The number of hydrogen-bond acceptors (Lipinski definition) is 5. The van der Waals surface area contributed by atoms with Crippen molar-refractivity contribution in [3.63, 3.8) is 0 Å². The molecule has 3 heterocycles. The van der Waals surface area contributed by atoms with E-state index < -0.39 is 46.6 Å². The van der Waals surface area contributed by atoms with E-state index in [-0.39, 0.29) is 47.0 Å². The molecule has 3 fully saturated rings. The number of pyridine rings is 1. The van der Waals surface area contributed by atoms with Crippen molar-refractivity contribution >= 4 is 40.2 Å². The number of nitrogens with zero attached hydrogens (tertiary/aromatic N) is 2. The van der Waals surface area contributed by atoms with Crippen LogP contribution in [0.3, 0.4) is 0 Å². The van der Waals surface area contributed by atoms with Crippen molar-refractivity contribution in [2.24, 2.45) is 11.7 Å². The number of carboxylic acids is 1. The van der Waals surface area contributed by atoms with Crippen LogP contribution in [-0.2, 0) is 4.74 Å². The van der Waals surface area contributed by atoms with E-state index in [9.17, 15) is 23.9 Å². The Morgan fingerprint density at radius 1 is 1.42 bits per heavy atom. The van der Waals surface area contributed by atoms with E-state index >= 15 is 4.39 Å². The van der Waals surface area contributed by atoms with Crippen molar-refractivity contribution in [2.45, 2.75) is 30.7 Å². The van der Waals surface area contributed by atoms with E-state index in [0.29, 0.717) is 19.6 Å². The third-order valence-electron chi connectivity index (χ3n) is 6.83. The fourth-order valence-electron chi connectivity index (χ4n) is 5.11. The maximum absolute atomic E-state index is 15.4. The smallest absolute Gasteiger partial charge is 0.341 e. The average molecular weight is 483 g/mol. The van der Waals surface area contributed by atoms with Crippen LogP contribution in [0.4, 0.5) is 19.3 Å². The monoisotopic (exact) mass is 482 g/mol. The van der Waals surface area contributed by atoms with Gasteiger partial charge in [-0.15, -0.1) is 0 Å². The van der Waals surface area contributed by atoms with Crippen LogP contribution in [0.25, 0.3) is 10.9 Å². The molecule has 5 rings (SSSR count). The second-order valence-electron chi connectivity index (χ2n) is 8.82. The minimum absolute atomic E-state index is 0.0212. The highest BCUT2D eigenvalue weighted by atomic mass is 35.5. The Morgan fingerprint density at radius 3 is 2.79 bits per heavy atom. The summed E-state index contributed by atoms with van der Waals surface area (Å²) in [6, 6.07) is -0.425. The molecular formula is C21H21ClF2N4O5. The fourth-order valence-corrected chi connectivity index (χ4v) is 5.51. The molecule has 33 heavy (non-hydrogen) atoms. The van der Waals surface area contributed by atoms with E-state index in [1.807, 2.05) is 0 Å². The normalized spacial score (nSPS) is 28.2. The van der Waals surface area contributed by atoms with Gasteiger partial charge in [-0.25, -0.2) is 18.4 Å². The fraction of sp³-hybridized carbons (Fsp3) is 0.476. The van der Waals surface area contributed by atoms with E-state index in [1.54, 1.807) is 4.90 Å². The summed E-state index contributed by atoms with van der Waals surface area (Å²) in [6.07, 6.45) is 0.693. The zero-order chi connectivity index (χ0) is 23.7. The molecule has 9 nitrogen and oxygen atoms in total. The molecule has 2 amide bonds. The molecule has 2 aromatic rings.